The smallest absolute Gasteiger partial charge is 0.507 e. The number of aromatic hydroxyl groups is 2. The number of phenols is 2. The molecule has 0 amide bonds. The molecule has 6 aromatic rings. The van der Waals surface area contributed by atoms with Crippen LogP contribution in [0.4, 0.5) is 0 Å². The second-order valence-electron chi connectivity index (χ2n) is 8.09. The molecule has 0 fully saturated rings. The zero-order chi connectivity index (χ0) is 23.3. The number of fused-ring (bicyclic) bond motifs is 2. The van der Waals surface area contributed by atoms with Crippen LogP contribution in [-0.4, -0.2) is 10.2 Å². The monoisotopic (exact) mass is 518 g/mol. The van der Waals surface area contributed by atoms with E-state index in [4.69, 9.17) is 0 Å². The van der Waals surface area contributed by atoms with Gasteiger partial charge in [-0.2, -0.15) is 0 Å². The molecule has 0 aliphatic rings. The third-order valence-corrected chi connectivity index (χ3v) is 5.95. The van der Waals surface area contributed by atoms with Crippen LogP contribution in [0.2, 0.25) is 0 Å². The molecule has 0 spiro atoms. The molecule has 182 valence electrons. The first-order valence-electron chi connectivity index (χ1n) is 11.2. The molecule has 0 atom stereocenters. The molecule has 0 saturated carbocycles. The fraction of sp³-hybridized carbons (Fsp3) is 0. The van der Waals surface area contributed by atoms with Crippen molar-refractivity contribution in [2.45, 2.75) is 0 Å². The summed E-state index contributed by atoms with van der Waals surface area (Å²) in [5.41, 5.74) is 3.90. The SMILES string of the molecule is Oc1ccc2ccccc2c1-c1ccccc1.Oc1ccccc1-c1cccc2ccccc12.[CH3-].[CH3-].[Ti+2]. The van der Waals surface area contributed by atoms with Gasteiger partial charge in [0.2, 0.25) is 0 Å². The Morgan fingerprint density at radius 1 is 0.378 bits per heavy atom. The summed E-state index contributed by atoms with van der Waals surface area (Å²) >= 11 is 0. The van der Waals surface area contributed by atoms with E-state index in [2.05, 4.69) is 24.3 Å². The standard InChI is InChI=1S/2C16H12O.2CH3.Ti/c17-16-11-4-3-9-15(16)14-10-5-7-12-6-1-2-8-13(12)14;17-15-11-10-12-6-4-5-9-14(12)16(15)13-7-2-1-3-8-13;;;/h2*1-11,17H;2*1H3;/q;;2*-1;+2. The van der Waals surface area contributed by atoms with Gasteiger partial charge in [-0.05, 0) is 44.8 Å². The molecular formula is C34H30O2Ti. The number of rotatable bonds is 2. The van der Waals surface area contributed by atoms with Crippen molar-refractivity contribution < 1.29 is 31.9 Å². The van der Waals surface area contributed by atoms with E-state index in [0.29, 0.717) is 11.5 Å². The van der Waals surface area contributed by atoms with Crippen LogP contribution < -0.4 is 0 Å². The van der Waals surface area contributed by atoms with E-state index >= 15 is 0 Å². The maximum absolute atomic E-state index is 10.1. The topological polar surface area (TPSA) is 40.5 Å². The minimum atomic E-state index is 0. The fourth-order valence-electron chi connectivity index (χ4n) is 4.33. The summed E-state index contributed by atoms with van der Waals surface area (Å²) in [6.07, 6.45) is 0. The van der Waals surface area contributed by atoms with Gasteiger partial charge in [-0.15, -0.1) is 0 Å². The van der Waals surface area contributed by atoms with Crippen LogP contribution in [0.5, 0.6) is 11.5 Å². The van der Waals surface area contributed by atoms with Crippen LogP contribution in [0.25, 0.3) is 43.8 Å². The second-order valence-corrected chi connectivity index (χ2v) is 8.09. The Labute approximate surface area is 234 Å². The second kappa shape index (κ2) is 13.5. The van der Waals surface area contributed by atoms with Gasteiger partial charge in [0.05, 0.1) is 0 Å². The summed E-state index contributed by atoms with van der Waals surface area (Å²) in [6.45, 7) is 0. The first-order chi connectivity index (χ1) is 16.7. The van der Waals surface area contributed by atoms with E-state index in [-0.39, 0.29) is 36.6 Å². The Morgan fingerprint density at radius 3 is 1.59 bits per heavy atom. The molecule has 2 N–H and O–H groups in total. The molecule has 37 heavy (non-hydrogen) atoms. The minimum Gasteiger partial charge on any atom is -0.507 e. The molecule has 0 heterocycles. The molecule has 6 rings (SSSR count). The van der Waals surface area contributed by atoms with Crippen molar-refractivity contribution in [1.29, 1.82) is 0 Å². The Bertz CT molecular complexity index is 1570. The summed E-state index contributed by atoms with van der Waals surface area (Å²) in [5, 5.41) is 24.6. The normalized spacial score (nSPS) is 9.73. The molecular weight excluding hydrogens is 488 g/mol. The molecule has 0 saturated heterocycles. The van der Waals surface area contributed by atoms with Crippen molar-refractivity contribution in [1.82, 2.24) is 0 Å². The third-order valence-electron chi connectivity index (χ3n) is 5.95. The molecule has 3 heteroatoms. The molecule has 0 aliphatic carbocycles. The molecule has 0 radical (unpaired) electrons. The van der Waals surface area contributed by atoms with Crippen molar-refractivity contribution in [3.63, 3.8) is 0 Å². The van der Waals surface area contributed by atoms with E-state index in [9.17, 15) is 10.2 Å². The first-order valence-corrected chi connectivity index (χ1v) is 11.2. The predicted molar refractivity (Wildman–Crippen MR) is 155 cm³/mol. The van der Waals surface area contributed by atoms with Crippen LogP contribution >= 0.6 is 0 Å². The summed E-state index contributed by atoms with van der Waals surface area (Å²) < 4.78 is 0. The van der Waals surface area contributed by atoms with Crippen molar-refractivity contribution in [2.75, 3.05) is 0 Å². The molecule has 0 bridgehead atoms. The van der Waals surface area contributed by atoms with Gasteiger partial charge in [0.25, 0.3) is 0 Å². The summed E-state index contributed by atoms with van der Waals surface area (Å²) in [7, 11) is 0. The third kappa shape index (κ3) is 6.29. The van der Waals surface area contributed by atoms with E-state index in [1.807, 2.05) is 97.1 Å². The summed E-state index contributed by atoms with van der Waals surface area (Å²) in [6, 6.07) is 43.6. The predicted octanol–water partition coefficient (Wildman–Crippen LogP) is 9.32. The number of hydrogen-bond acceptors (Lipinski definition) is 2. The van der Waals surface area contributed by atoms with Gasteiger partial charge >= 0.3 is 21.7 Å². The van der Waals surface area contributed by atoms with Crippen LogP contribution in [0.3, 0.4) is 0 Å². The Balaban J connectivity index is 0.000000241. The van der Waals surface area contributed by atoms with Crippen molar-refractivity contribution in [3.8, 4) is 33.8 Å². The molecule has 6 aromatic carbocycles. The number of hydrogen-bond donors (Lipinski definition) is 2. The molecule has 2 nitrogen and oxygen atoms in total. The minimum absolute atomic E-state index is 0. The Kier molecular flexibility index (Phi) is 10.7. The van der Waals surface area contributed by atoms with Crippen molar-refractivity contribution in [3.05, 3.63) is 148 Å². The van der Waals surface area contributed by atoms with E-state index in [1.165, 1.54) is 5.39 Å². The maximum atomic E-state index is 10.1. The van der Waals surface area contributed by atoms with Gasteiger partial charge in [0, 0.05) is 11.1 Å². The van der Waals surface area contributed by atoms with E-state index in [1.54, 1.807) is 12.1 Å². The van der Waals surface area contributed by atoms with Gasteiger partial charge in [-0.1, -0.05) is 121 Å². The maximum Gasteiger partial charge on any atom is 2.00 e. The van der Waals surface area contributed by atoms with Crippen molar-refractivity contribution in [2.24, 2.45) is 0 Å². The quantitative estimate of drug-likeness (QED) is 0.177. The number of para-hydroxylation sites is 1. The van der Waals surface area contributed by atoms with Crippen molar-refractivity contribution >= 4 is 21.5 Å². The van der Waals surface area contributed by atoms with Gasteiger partial charge < -0.3 is 25.1 Å². The zero-order valence-electron chi connectivity index (χ0n) is 21.1. The van der Waals surface area contributed by atoms with Gasteiger partial charge in [-0.3, -0.25) is 0 Å². The largest absolute Gasteiger partial charge is 2.00 e. The average molecular weight is 518 g/mol. The van der Waals surface area contributed by atoms with E-state index in [0.717, 1.165) is 38.4 Å². The Hall–Kier alpha value is -3.85. The zero-order valence-corrected chi connectivity index (χ0v) is 22.7. The summed E-state index contributed by atoms with van der Waals surface area (Å²) in [5.74, 6) is 0.652. The Morgan fingerprint density at radius 2 is 0.892 bits per heavy atom. The summed E-state index contributed by atoms with van der Waals surface area (Å²) in [4.78, 5) is 0. The van der Waals surface area contributed by atoms with Gasteiger partial charge in [0.15, 0.2) is 0 Å². The fourth-order valence-corrected chi connectivity index (χ4v) is 4.33. The number of phenolic OH excluding ortho intramolecular Hbond substituents is 2. The van der Waals surface area contributed by atoms with E-state index < -0.39 is 0 Å². The average Bonchev–Trinajstić information content (AvgIpc) is 2.89. The van der Waals surface area contributed by atoms with Crippen LogP contribution in [-0.2, 0) is 21.7 Å². The van der Waals surface area contributed by atoms with Crippen LogP contribution in [0, 0.1) is 14.9 Å². The van der Waals surface area contributed by atoms with Crippen LogP contribution in [0.1, 0.15) is 0 Å². The van der Waals surface area contributed by atoms with Gasteiger partial charge in [0.1, 0.15) is 11.5 Å². The molecule has 0 unspecified atom stereocenters. The van der Waals surface area contributed by atoms with Crippen LogP contribution in [0.15, 0.2) is 133 Å². The molecule has 0 aromatic heterocycles. The number of benzene rings is 6. The molecule has 0 aliphatic heterocycles. The van der Waals surface area contributed by atoms with Gasteiger partial charge in [-0.25, -0.2) is 0 Å². The first kappa shape index (κ1) is 29.4.